The predicted octanol–water partition coefficient (Wildman–Crippen LogP) is 17.4. The van der Waals surface area contributed by atoms with Crippen molar-refractivity contribution in [3.05, 3.63) is 158 Å². The Morgan fingerprint density at radius 2 is 0.642 bits per heavy atom. The quantitative estimate of drug-likeness (QED) is 0.0199. The molecule has 0 aromatic heterocycles. The van der Waals surface area contributed by atoms with Gasteiger partial charge in [0, 0.05) is 19.3 Å². The first-order valence-corrected chi connectivity index (χ1v) is 26.1. The van der Waals surface area contributed by atoms with Crippen LogP contribution in [-0.2, 0) is 28.6 Å². The number of carbonyl (C=O) groups excluding carboxylic acids is 3. The number of unbranched alkanes of at least 4 members (excludes halogenated alkanes) is 12. The predicted molar refractivity (Wildman–Crippen MR) is 288 cm³/mol. The summed E-state index contributed by atoms with van der Waals surface area (Å²) >= 11 is 0. The van der Waals surface area contributed by atoms with Crippen LogP contribution in [0.2, 0.25) is 0 Å². The summed E-state index contributed by atoms with van der Waals surface area (Å²) in [6, 6.07) is 0. The van der Waals surface area contributed by atoms with Gasteiger partial charge in [-0.15, -0.1) is 0 Å². The van der Waals surface area contributed by atoms with Crippen molar-refractivity contribution in [2.45, 2.75) is 194 Å². The molecule has 0 aromatic rings. The minimum absolute atomic E-state index is 0.125. The van der Waals surface area contributed by atoms with Gasteiger partial charge in [-0.25, -0.2) is 0 Å². The minimum Gasteiger partial charge on any atom is -0.462 e. The molecule has 0 bridgehead atoms. The Balaban J connectivity index is 4.60. The van der Waals surface area contributed by atoms with Crippen LogP contribution >= 0.6 is 0 Å². The van der Waals surface area contributed by atoms with E-state index in [2.05, 4.69) is 142 Å². The first-order chi connectivity index (χ1) is 33.0. The molecule has 6 heteroatoms. The van der Waals surface area contributed by atoms with E-state index >= 15 is 0 Å². The monoisotopic (exact) mass is 921 g/mol. The fourth-order valence-corrected chi connectivity index (χ4v) is 6.36. The molecule has 67 heavy (non-hydrogen) atoms. The Labute approximate surface area is 409 Å². The molecule has 0 rings (SSSR count). The molecule has 0 saturated carbocycles. The van der Waals surface area contributed by atoms with Gasteiger partial charge in [-0.2, -0.15) is 0 Å². The van der Waals surface area contributed by atoms with E-state index < -0.39 is 6.10 Å². The average Bonchev–Trinajstić information content (AvgIpc) is 3.33. The van der Waals surface area contributed by atoms with Crippen LogP contribution in [0, 0.1) is 0 Å². The molecule has 0 aliphatic carbocycles. The summed E-state index contributed by atoms with van der Waals surface area (Å²) in [6.07, 6.45) is 78.0. The third kappa shape index (κ3) is 51.9. The van der Waals surface area contributed by atoms with Crippen molar-refractivity contribution in [1.82, 2.24) is 0 Å². The van der Waals surface area contributed by atoms with Gasteiger partial charge in [-0.1, -0.05) is 230 Å². The second kappa shape index (κ2) is 53.6. The van der Waals surface area contributed by atoms with E-state index in [1.807, 2.05) is 36.5 Å². The van der Waals surface area contributed by atoms with E-state index in [1.54, 1.807) is 0 Å². The number of hydrogen-bond donors (Lipinski definition) is 0. The van der Waals surface area contributed by atoms with Crippen LogP contribution in [0.4, 0.5) is 0 Å². The molecule has 0 heterocycles. The second-order valence-electron chi connectivity index (χ2n) is 16.4. The van der Waals surface area contributed by atoms with Crippen molar-refractivity contribution in [3.63, 3.8) is 0 Å². The number of allylic oxidation sites excluding steroid dienone is 26. The molecule has 0 radical (unpaired) electrons. The minimum atomic E-state index is -0.834. The highest BCUT2D eigenvalue weighted by atomic mass is 16.6. The number of esters is 3. The molecule has 0 fully saturated rings. The van der Waals surface area contributed by atoms with Crippen molar-refractivity contribution in [3.8, 4) is 0 Å². The van der Waals surface area contributed by atoms with Gasteiger partial charge in [0.15, 0.2) is 6.10 Å². The van der Waals surface area contributed by atoms with Crippen LogP contribution in [0.15, 0.2) is 158 Å². The van der Waals surface area contributed by atoms with Gasteiger partial charge in [0.2, 0.25) is 0 Å². The molecule has 0 aliphatic rings. The normalized spacial score (nSPS) is 13.4. The van der Waals surface area contributed by atoms with E-state index in [0.29, 0.717) is 12.8 Å². The second-order valence-corrected chi connectivity index (χ2v) is 16.4. The average molecular weight is 921 g/mol. The number of ether oxygens (including phenoxy) is 3. The summed E-state index contributed by atoms with van der Waals surface area (Å²) in [7, 11) is 0. The lowest BCUT2D eigenvalue weighted by molar-refractivity contribution is -0.166. The lowest BCUT2D eigenvalue weighted by atomic mass is 10.1. The summed E-state index contributed by atoms with van der Waals surface area (Å²) in [5.74, 6) is -1.06. The molecule has 0 amide bonds. The van der Waals surface area contributed by atoms with Gasteiger partial charge in [0.05, 0.1) is 0 Å². The number of hydrogen-bond acceptors (Lipinski definition) is 6. The SMILES string of the molecule is CC\C=C/C=C\C=C/C=C\CCCCCCCC(=O)OC(COC(=O)CC/C=C\C/C=C\C/C=C\C/C=C\C/C=C\C/C=C\CC)COC(=O)CCCCCCCCC\C=C/C=C\C=C/CC. The van der Waals surface area contributed by atoms with Crippen molar-refractivity contribution < 1.29 is 28.6 Å². The summed E-state index contributed by atoms with van der Waals surface area (Å²) in [4.78, 5) is 38.0. The smallest absolute Gasteiger partial charge is 0.306 e. The Kier molecular flexibility index (Phi) is 49.7. The fourth-order valence-electron chi connectivity index (χ4n) is 6.36. The Morgan fingerprint density at radius 3 is 1.07 bits per heavy atom. The zero-order valence-electron chi connectivity index (χ0n) is 42.3. The van der Waals surface area contributed by atoms with Gasteiger partial charge >= 0.3 is 17.9 Å². The molecular weight excluding hydrogens is 829 g/mol. The largest absolute Gasteiger partial charge is 0.462 e. The van der Waals surface area contributed by atoms with Crippen LogP contribution in [-0.4, -0.2) is 37.2 Å². The van der Waals surface area contributed by atoms with Crippen molar-refractivity contribution >= 4 is 17.9 Å². The van der Waals surface area contributed by atoms with Gasteiger partial charge < -0.3 is 14.2 Å². The fraction of sp³-hybridized carbons (Fsp3) is 0.525. The molecule has 0 aliphatic heterocycles. The lowest BCUT2D eigenvalue weighted by Crippen LogP contribution is -2.30. The molecule has 6 nitrogen and oxygen atoms in total. The maximum atomic E-state index is 12.8. The van der Waals surface area contributed by atoms with E-state index in [4.69, 9.17) is 14.2 Å². The Hall–Kier alpha value is -4.97. The van der Waals surface area contributed by atoms with Crippen LogP contribution in [0.3, 0.4) is 0 Å². The van der Waals surface area contributed by atoms with E-state index in [0.717, 1.165) is 122 Å². The molecular formula is C61H92O6. The molecule has 0 saturated heterocycles. The number of rotatable bonds is 44. The van der Waals surface area contributed by atoms with E-state index in [1.165, 1.54) is 19.3 Å². The molecule has 0 spiro atoms. The zero-order chi connectivity index (χ0) is 48.6. The van der Waals surface area contributed by atoms with E-state index in [-0.39, 0.29) is 44.0 Å². The van der Waals surface area contributed by atoms with E-state index in [9.17, 15) is 14.4 Å². The molecule has 1 unspecified atom stereocenters. The van der Waals surface area contributed by atoms with Crippen LogP contribution < -0.4 is 0 Å². The summed E-state index contributed by atoms with van der Waals surface area (Å²) in [5.41, 5.74) is 0. The molecule has 1 atom stereocenters. The highest BCUT2D eigenvalue weighted by Crippen LogP contribution is 2.13. The third-order valence-corrected chi connectivity index (χ3v) is 10.2. The van der Waals surface area contributed by atoms with Crippen molar-refractivity contribution in [2.24, 2.45) is 0 Å². The van der Waals surface area contributed by atoms with Gasteiger partial charge in [0.1, 0.15) is 13.2 Å². The van der Waals surface area contributed by atoms with Crippen LogP contribution in [0.25, 0.3) is 0 Å². The Morgan fingerprint density at radius 1 is 0.313 bits per heavy atom. The van der Waals surface area contributed by atoms with Gasteiger partial charge in [-0.05, 0) is 96.3 Å². The Bertz CT molecular complexity index is 1570. The highest BCUT2D eigenvalue weighted by molar-refractivity contribution is 5.71. The standard InChI is InChI=1S/C61H92O6/c1-4-7-10-13-16-19-22-25-28-29-30-31-34-36-39-42-45-48-51-54-60(63)66-57-58(67-61(64)55-52-49-46-43-40-37-33-27-24-21-18-15-12-9-6-3)56-65-59(62)53-50-47-44-41-38-35-32-26-23-20-17-14-11-8-5-2/h7-12,14-21,23-25,27-28,30-31,33,36,39,45,48,58H,4-6,13,22,26,29,32,34-35,37-38,40-44,46-47,49-57H2,1-3H3/b10-7-,11-8-,12-9-,17-14-,18-15-,19-16-,23-20-,24-21-,28-25-,31-30-,33-27-,39-36-,48-45-. The molecule has 372 valence electrons. The van der Waals surface area contributed by atoms with Crippen molar-refractivity contribution in [2.75, 3.05) is 13.2 Å². The first-order valence-electron chi connectivity index (χ1n) is 26.1. The maximum Gasteiger partial charge on any atom is 0.306 e. The zero-order valence-corrected chi connectivity index (χ0v) is 42.3. The maximum absolute atomic E-state index is 12.8. The van der Waals surface area contributed by atoms with Crippen LogP contribution in [0.1, 0.15) is 188 Å². The summed E-state index contributed by atoms with van der Waals surface area (Å²) in [6.45, 7) is 6.13. The first kappa shape index (κ1) is 62.0. The molecule has 0 N–H and O–H groups in total. The van der Waals surface area contributed by atoms with Crippen LogP contribution in [0.5, 0.6) is 0 Å². The lowest BCUT2D eigenvalue weighted by Gasteiger charge is -2.18. The number of carbonyl (C=O) groups is 3. The third-order valence-electron chi connectivity index (χ3n) is 10.2. The summed E-state index contributed by atoms with van der Waals surface area (Å²) in [5, 5.41) is 0. The van der Waals surface area contributed by atoms with Gasteiger partial charge in [0.25, 0.3) is 0 Å². The molecule has 0 aromatic carbocycles. The highest BCUT2D eigenvalue weighted by Gasteiger charge is 2.19. The summed E-state index contributed by atoms with van der Waals surface area (Å²) < 4.78 is 16.7. The van der Waals surface area contributed by atoms with Crippen molar-refractivity contribution in [1.29, 1.82) is 0 Å². The topological polar surface area (TPSA) is 78.9 Å². The van der Waals surface area contributed by atoms with Gasteiger partial charge in [-0.3, -0.25) is 14.4 Å².